The van der Waals surface area contributed by atoms with Gasteiger partial charge in [0.15, 0.2) is 0 Å². The fourth-order valence-corrected chi connectivity index (χ4v) is 0.500. The lowest BCUT2D eigenvalue weighted by Gasteiger charge is -1.86. The van der Waals surface area contributed by atoms with Crippen LogP contribution in [0.25, 0.3) is 0 Å². The largest absolute Gasteiger partial charge is 0.370 e. The molecule has 0 aromatic carbocycles. The highest BCUT2D eigenvalue weighted by atomic mass is 16.1. The molecule has 2 heteroatoms. The highest BCUT2D eigenvalue weighted by Gasteiger charge is 1.75. The van der Waals surface area contributed by atoms with Crippen molar-refractivity contribution in [2.75, 3.05) is 0 Å². The van der Waals surface area contributed by atoms with Crippen LogP contribution in [0, 0.1) is 0 Å². The van der Waals surface area contributed by atoms with Gasteiger partial charge < -0.3 is 5.73 Å². The van der Waals surface area contributed by atoms with Gasteiger partial charge in [-0.05, 0) is 0 Å². The van der Waals surface area contributed by atoms with Gasteiger partial charge in [-0.2, -0.15) is 0 Å². The number of nitrogens with two attached hydrogens (primary N) is 1. The van der Waals surface area contributed by atoms with E-state index in [4.69, 9.17) is 0 Å². The van der Waals surface area contributed by atoms with Crippen molar-refractivity contribution in [2.24, 2.45) is 5.73 Å². The first kappa shape index (κ1) is 12.2. The first-order chi connectivity index (χ1) is 4.65. The molecule has 0 unspecified atom stereocenters. The molecule has 0 saturated carbocycles. The monoisotopic (exact) mass is 145 g/mol. The summed E-state index contributed by atoms with van der Waals surface area (Å²) in [5.41, 5.74) is 4.47. The second-order valence-electron chi connectivity index (χ2n) is 2.32. The molecule has 0 aliphatic rings. The van der Waals surface area contributed by atoms with Crippen LogP contribution in [0.2, 0.25) is 0 Å². The maximum atomic E-state index is 9.22. The van der Waals surface area contributed by atoms with E-state index in [9.17, 15) is 4.79 Å². The van der Waals surface area contributed by atoms with Gasteiger partial charge in [-0.3, -0.25) is 4.79 Å². The molecule has 0 spiro atoms. The summed E-state index contributed by atoms with van der Waals surface area (Å²) in [7, 11) is 0. The molecular formula is C8H19NO. The van der Waals surface area contributed by atoms with Gasteiger partial charge in [-0.15, -0.1) is 0 Å². The smallest absolute Gasteiger partial charge is 0.214 e. The van der Waals surface area contributed by atoms with Crippen LogP contribution in [0.15, 0.2) is 0 Å². The first-order valence-electron chi connectivity index (χ1n) is 3.91. The second kappa shape index (κ2) is 11.3. The van der Waals surface area contributed by atoms with Crippen LogP contribution >= 0.6 is 0 Å². The Morgan fingerprint density at radius 1 is 1.20 bits per heavy atom. The van der Waals surface area contributed by atoms with Gasteiger partial charge in [0.05, 0.1) is 0 Å². The third kappa shape index (κ3) is 51.3. The summed E-state index contributed by atoms with van der Waals surface area (Å²) in [6, 6.07) is 0. The van der Waals surface area contributed by atoms with Crippen LogP contribution in [-0.4, -0.2) is 5.91 Å². The average molecular weight is 145 g/mol. The predicted octanol–water partition coefficient (Wildman–Crippen LogP) is 2.08. The van der Waals surface area contributed by atoms with E-state index < -0.39 is 0 Å². The molecule has 0 fully saturated rings. The predicted molar refractivity (Wildman–Crippen MR) is 44.7 cm³/mol. The van der Waals surface area contributed by atoms with Crippen molar-refractivity contribution >= 4 is 5.91 Å². The van der Waals surface area contributed by atoms with Gasteiger partial charge in [0.25, 0.3) is 0 Å². The van der Waals surface area contributed by atoms with Crippen molar-refractivity contribution < 1.29 is 4.79 Å². The van der Waals surface area contributed by atoms with Crippen LogP contribution in [0.4, 0.5) is 0 Å². The molecule has 0 aromatic rings. The lowest BCUT2D eigenvalue weighted by Crippen LogP contribution is -2.01. The number of hydrogen-bond donors (Lipinski definition) is 1. The van der Waals surface area contributed by atoms with Gasteiger partial charge in [0, 0.05) is 6.92 Å². The summed E-state index contributed by atoms with van der Waals surface area (Å²) in [4.78, 5) is 9.22. The van der Waals surface area contributed by atoms with E-state index in [1.807, 2.05) is 0 Å². The molecule has 0 atom stereocenters. The van der Waals surface area contributed by atoms with E-state index in [1.54, 1.807) is 0 Å². The Morgan fingerprint density at radius 2 is 1.40 bits per heavy atom. The summed E-state index contributed by atoms with van der Waals surface area (Å²) >= 11 is 0. The van der Waals surface area contributed by atoms with Gasteiger partial charge in [0.2, 0.25) is 5.91 Å². The number of carbonyl (C=O) groups excluding carboxylic acids is 1. The Labute approximate surface area is 63.8 Å². The molecule has 0 saturated heterocycles. The molecule has 0 aromatic heterocycles. The number of primary amides is 1. The van der Waals surface area contributed by atoms with E-state index in [0.29, 0.717) is 0 Å². The normalized spacial score (nSPS) is 7.90. The van der Waals surface area contributed by atoms with Gasteiger partial charge in [0.1, 0.15) is 0 Å². The van der Waals surface area contributed by atoms with Crippen LogP contribution in [0.5, 0.6) is 0 Å². The van der Waals surface area contributed by atoms with Crippen molar-refractivity contribution in [3.63, 3.8) is 0 Å². The van der Waals surface area contributed by atoms with Crippen molar-refractivity contribution in [2.45, 2.75) is 46.5 Å². The SMILES string of the molecule is CC(N)=O.CCCCCC. The van der Waals surface area contributed by atoms with Crippen LogP contribution in [0.1, 0.15) is 46.5 Å². The number of hydrogen-bond acceptors (Lipinski definition) is 1. The highest BCUT2D eigenvalue weighted by molar-refractivity contribution is 5.70. The van der Waals surface area contributed by atoms with E-state index in [-0.39, 0.29) is 5.91 Å². The fourth-order valence-electron chi connectivity index (χ4n) is 0.500. The third-order valence-corrected chi connectivity index (χ3v) is 0.957. The maximum Gasteiger partial charge on any atom is 0.214 e. The third-order valence-electron chi connectivity index (χ3n) is 0.957. The van der Waals surface area contributed by atoms with E-state index in [1.165, 1.54) is 32.6 Å². The van der Waals surface area contributed by atoms with E-state index >= 15 is 0 Å². The van der Waals surface area contributed by atoms with Gasteiger partial charge >= 0.3 is 0 Å². The standard InChI is InChI=1S/C6H14.C2H5NO/c1-3-5-6-4-2;1-2(3)4/h3-6H2,1-2H3;1H3,(H2,3,4). The Morgan fingerprint density at radius 3 is 1.50 bits per heavy atom. The minimum Gasteiger partial charge on any atom is -0.370 e. The molecule has 2 N–H and O–H groups in total. The Kier molecular flexibility index (Phi) is 13.7. The van der Waals surface area contributed by atoms with Crippen molar-refractivity contribution in [3.8, 4) is 0 Å². The molecule has 0 bridgehead atoms. The summed E-state index contributed by atoms with van der Waals surface area (Å²) < 4.78 is 0. The van der Waals surface area contributed by atoms with Crippen LogP contribution < -0.4 is 5.73 Å². The molecule has 0 rings (SSSR count). The van der Waals surface area contributed by atoms with Crippen molar-refractivity contribution in [1.29, 1.82) is 0 Å². The maximum absolute atomic E-state index is 9.22. The first-order valence-corrected chi connectivity index (χ1v) is 3.91. The molecule has 62 valence electrons. The lowest BCUT2D eigenvalue weighted by molar-refractivity contribution is -0.115. The zero-order valence-electron chi connectivity index (χ0n) is 7.31. The summed E-state index contributed by atoms with van der Waals surface area (Å²) in [6.07, 6.45) is 5.54. The molecule has 0 aliphatic heterocycles. The topological polar surface area (TPSA) is 43.1 Å². The van der Waals surface area contributed by atoms with Crippen molar-refractivity contribution in [3.05, 3.63) is 0 Å². The molecule has 1 amide bonds. The summed E-state index contributed by atoms with van der Waals surface area (Å²) in [5.74, 6) is -0.333. The Hall–Kier alpha value is -0.530. The number of rotatable bonds is 3. The molecule has 10 heavy (non-hydrogen) atoms. The van der Waals surface area contributed by atoms with Crippen molar-refractivity contribution in [1.82, 2.24) is 0 Å². The number of unbranched alkanes of at least 4 members (excludes halogenated alkanes) is 3. The molecular weight excluding hydrogens is 126 g/mol. The number of amides is 1. The summed E-state index contributed by atoms with van der Waals surface area (Å²) in [5, 5.41) is 0. The molecule has 0 radical (unpaired) electrons. The second-order valence-corrected chi connectivity index (χ2v) is 2.32. The van der Waals surface area contributed by atoms with E-state index in [2.05, 4.69) is 19.6 Å². The fraction of sp³-hybridized carbons (Fsp3) is 0.875. The Bertz CT molecular complexity index is 63.7. The van der Waals surface area contributed by atoms with Gasteiger partial charge in [-0.1, -0.05) is 39.5 Å². The molecule has 0 aliphatic carbocycles. The van der Waals surface area contributed by atoms with Crippen LogP contribution in [0.3, 0.4) is 0 Å². The molecule has 2 nitrogen and oxygen atoms in total. The summed E-state index contributed by atoms with van der Waals surface area (Å²) in [6.45, 7) is 5.77. The minimum atomic E-state index is -0.333. The average Bonchev–Trinajstić information content (AvgIpc) is 1.82. The minimum absolute atomic E-state index is 0.333. The van der Waals surface area contributed by atoms with Crippen LogP contribution in [-0.2, 0) is 4.79 Å². The zero-order valence-corrected chi connectivity index (χ0v) is 7.31. The zero-order chi connectivity index (χ0) is 8.41. The molecule has 0 heterocycles. The highest BCUT2D eigenvalue weighted by Crippen LogP contribution is 1.95. The Balaban J connectivity index is 0. The van der Waals surface area contributed by atoms with Gasteiger partial charge in [-0.25, -0.2) is 0 Å². The van der Waals surface area contributed by atoms with E-state index in [0.717, 1.165) is 0 Å². The quantitative estimate of drug-likeness (QED) is 0.607. The lowest BCUT2D eigenvalue weighted by atomic mass is 10.2. The number of carbonyl (C=O) groups is 1.